The van der Waals surface area contributed by atoms with Crippen molar-refractivity contribution in [3.63, 3.8) is 0 Å². The summed E-state index contributed by atoms with van der Waals surface area (Å²) in [6.45, 7) is 2.87. The summed E-state index contributed by atoms with van der Waals surface area (Å²) >= 11 is 3.49. The number of imide groups is 1. The summed E-state index contributed by atoms with van der Waals surface area (Å²) in [5, 5.41) is 2.81. The molecule has 29 heavy (non-hydrogen) atoms. The van der Waals surface area contributed by atoms with Crippen molar-refractivity contribution < 1.29 is 28.5 Å². The second-order valence-corrected chi connectivity index (χ2v) is 7.96. The molecule has 1 saturated heterocycles. The number of hydrogen-bond acceptors (Lipinski definition) is 6. The highest BCUT2D eigenvalue weighted by molar-refractivity contribution is 9.10. The lowest BCUT2D eigenvalue weighted by atomic mass is 9.91. The van der Waals surface area contributed by atoms with Gasteiger partial charge in [-0.05, 0) is 42.3 Å². The summed E-state index contributed by atoms with van der Waals surface area (Å²) < 4.78 is 22.6. The van der Waals surface area contributed by atoms with E-state index < -0.39 is 11.6 Å². The number of rotatable bonds is 3. The van der Waals surface area contributed by atoms with Crippen LogP contribution in [0.15, 0.2) is 34.8 Å². The fourth-order valence-electron chi connectivity index (χ4n) is 3.64. The third-order valence-electron chi connectivity index (χ3n) is 5.26. The molecule has 3 amide bonds. The van der Waals surface area contributed by atoms with Gasteiger partial charge in [0.15, 0.2) is 23.0 Å². The average Bonchev–Trinajstić information content (AvgIpc) is 3.26. The van der Waals surface area contributed by atoms with Crippen molar-refractivity contribution in [3.8, 4) is 23.0 Å². The van der Waals surface area contributed by atoms with Crippen LogP contribution in [0.2, 0.25) is 0 Å². The zero-order valence-corrected chi connectivity index (χ0v) is 17.1. The molecule has 2 aromatic rings. The van der Waals surface area contributed by atoms with Crippen LogP contribution < -0.4 is 24.3 Å². The molecule has 150 valence electrons. The van der Waals surface area contributed by atoms with Crippen LogP contribution in [0.1, 0.15) is 18.1 Å². The number of carbonyl (C=O) groups is 2. The summed E-state index contributed by atoms with van der Waals surface area (Å²) in [6.07, 6.45) is 0. The van der Waals surface area contributed by atoms with Crippen molar-refractivity contribution >= 4 is 27.9 Å². The first-order chi connectivity index (χ1) is 14.0. The highest BCUT2D eigenvalue weighted by Gasteiger charge is 2.49. The zero-order valence-electron chi connectivity index (χ0n) is 15.5. The van der Waals surface area contributed by atoms with Crippen molar-refractivity contribution in [3.05, 3.63) is 45.9 Å². The Bertz CT molecular complexity index is 1040. The minimum absolute atomic E-state index is 0.0992. The van der Waals surface area contributed by atoms with Crippen LogP contribution in [0.5, 0.6) is 23.0 Å². The molecule has 1 fully saturated rings. The molecule has 5 rings (SSSR count). The van der Waals surface area contributed by atoms with Crippen molar-refractivity contribution in [1.29, 1.82) is 0 Å². The number of urea groups is 1. The highest BCUT2D eigenvalue weighted by atomic mass is 79.9. The molecule has 3 aliphatic rings. The summed E-state index contributed by atoms with van der Waals surface area (Å²) in [5.41, 5.74) is 0.176. The Labute approximate surface area is 174 Å². The molecule has 8 nitrogen and oxygen atoms in total. The van der Waals surface area contributed by atoms with Gasteiger partial charge in [0, 0.05) is 4.47 Å². The second kappa shape index (κ2) is 6.55. The minimum atomic E-state index is -1.20. The summed E-state index contributed by atoms with van der Waals surface area (Å²) in [5.74, 6) is 2.06. The molecule has 3 heterocycles. The third kappa shape index (κ3) is 2.88. The second-order valence-electron chi connectivity index (χ2n) is 7.10. The molecular weight excluding hydrogens is 444 g/mol. The van der Waals surface area contributed by atoms with Gasteiger partial charge in [-0.3, -0.25) is 9.69 Å². The lowest BCUT2D eigenvalue weighted by Gasteiger charge is -2.23. The first-order valence-electron chi connectivity index (χ1n) is 9.08. The van der Waals surface area contributed by atoms with Gasteiger partial charge in [0.2, 0.25) is 6.79 Å². The van der Waals surface area contributed by atoms with Crippen LogP contribution in [-0.2, 0) is 16.9 Å². The topological polar surface area (TPSA) is 86.3 Å². The van der Waals surface area contributed by atoms with Crippen LogP contribution in [0, 0.1) is 0 Å². The largest absolute Gasteiger partial charge is 0.486 e. The SMILES string of the molecule is C[C@]1(c2ccc3c(c2)OCO3)NC(=O)N(Cc2cc3c(cc2Br)OCCO3)C1=O. The maximum Gasteiger partial charge on any atom is 0.325 e. The molecular formula is C20H17BrN2O6. The maximum absolute atomic E-state index is 13.2. The highest BCUT2D eigenvalue weighted by Crippen LogP contribution is 2.40. The molecule has 2 aromatic carbocycles. The molecule has 0 unspecified atom stereocenters. The molecule has 0 radical (unpaired) electrons. The van der Waals surface area contributed by atoms with E-state index in [9.17, 15) is 9.59 Å². The van der Waals surface area contributed by atoms with Gasteiger partial charge in [0.1, 0.15) is 18.8 Å². The summed E-state index contributed by atoms with van der Waals surface area (Å²) in [4.78, 5) is 27.1. The molecule has 1 N–H and O–H groups in total. The van der Waals surface area contributed by atoms with Crippen LogP contribution in [0.25, 0.3) is 0 Å². The fourth-order valence-corrected chi connectivity index (χ4v) is 4.09. The van der Waals surface area contributed by atoms with Gasteiger partial charge in [0.05, 0.1) is 6.54 Å². The van der Waals surface area contributed by atoms with Crippen LogP contribution in [-0.4, -0.2) is 36.8 Å². The molecule has 0 spiro atoms. The Morgan fingerprint density at radius 1 is 1.00 bits per heavy atom. The Balaban J connectivity index is 1.44. The van der Waals surface area contributed by atoms with Crippen molar-refractivity contribution in [2.75, 3.05) is 20.0 Å². The number of amides is 3. The summed E-state index contributed by atoms with van der Waals surface area (Å²) in [7, 11) is 0. The fraction of sp³-hybridized carbons (Fsp3) is 0.300. The quantitative estimate of drug-likeness (QED) is 0.708. The zero-order chi connectivity index (χ0) is 20.2. The normalized spacial score (nSPS) is 22.1. The van der Waals surface area contributed by atoms with Crippen molar-refractivity contribution in [2.24, 2.45) is 0 Å². The van der Waals surface area contributed by atoms with Gasteiger partial charge in [-0.2, -0.15) is 0 Å². The summed E-state index contributed by atoms with van der Waals surface area (Å²) in [6, 6.07) is 8.34. The third-order valence-corrected chi connectivity index (χ3v) is 6.00. The molecule has 9 heteroatoms. The van der Waals surface area contributed by atoms with Gasteiger partial charge in [-0.1, -0.05) is 22.0 Å². The Kier molecular flexibility index (Phi) is 4.09. The number of hydrogen-bond donors (Lipinski definition) is 1. The predicted octanol–water partition coefficient (Wildman–Crippen LogP) is 2.92. The van der Waals surface area contributed by atoms with E-state index in [0.717, 1.165) is 10.0 Å². The molecule has 0 saturated carbocycles. The first-order valence-corrected chi connectivity index (χ1v) is 9.87. The van der Waals surface area contributed by atoms with E-state index in [1.807, 2.05) is 0 Å². The number of carbonyl (C=O) groups excluding carboxylic acids is 2. The van der Waals surface area contributed by atoms with Gasteiger partial charge in [0.25, 0.3) is 5.91 Å². The number of nitrogens with one attached hydrogen (secondary N) is 1. The van der Waals surface area contributed by atoms with Gasteiger partial charge in [-0.25, -0.2) is 4.79 Å². The Morgan fingerprint density at radius 2 is 1.69 bits per heavy atom. The van der Waals surface area contributed by atoms with E-state index in [1.165, 1.54) is 4.90 Å². The number of ether oxygens (including phenoxy) is 4. The molecule has 1 atom stereocenters. The van der Waals surface area contributed by atoms with E-state index in [2.05, 4.69) is 21.2 Å². The number of benzene rings is 2. The van der Waals surface area contributed by atoms with Gasteiger partial charge < -0.3 is 24.3 Å². The molecule has 3 aliphatic heterocycles. The van der Waals surface area contributed by atoms with Gasteiger partial charge in [-0.15, -0.1) is 0 Å². The maximum atomic E-state index is 13.2. The van der Waals surface area contributed by atoms with E-state index in [4.69, 9.17) is 18.9 Å². The van der Waals surface area contributed by atoms with E-state index >= 15 is 0 Å². The molecule has 0 aliphatic carbocycles. The van der Waals surface area contributed by atoms with Crippen LogP contribution in [0.4, 0.5) is 4.79 Å². The van der Waals surface area contributed by atoms with Crippen molar-refractivity contribution in [2.45, 2.75) is 19.0 Å². The number of nitrogens with zero attached hydrogens (tertiary/aromatic N) is 1. The van der Waals surface area contributed by atoms with E-state index in [1.54, 1.807) is 37.3 Å². The minimum Gasteiger partial charge on any atom is -0.486 e. The van der Waals surface area contributed by atoms with E-state index in [-0.39, 0.29) is 19.2 Å². The van der Waals surface area contributed by atoms with Crippen molar-refractivity contribution in [1.82, 2.24) is 10.2 Å². The van der Waals surface area contributed by atoms with Gasteiger partial charge >= 0.3 is 6.03 Å². The molecule has 0 bridgehead atoms. The van der Waals surface area contributed by atoms with Crippen LogP contribution >= 0.6 is 15.9 Å². The monoisotopic (exact) mass is 460 g/mol. The van der Waals surface area contributed by atoms with E-state index in [0.29, 0.717) is 41.8 Å². The predicted molar refractivity (Wildman–Crippen MR) is 104 cm³/mol. The Morgan fingerprint density at radius 3 is 2.48 bits per heavy atom. The average molecular weight is 461 g/mol. The lowest BCUT2D eigenvalue weighted by Crippen LogP contribution is -2.40. The lowest BCUT2D eigenvalue weighted by molar-refractivity contribution is -0.131. The first kappa shape index (κ1) is 18.1. The smallest absolute Gasteiger partial charge is 0.325 e. The standard InChI is InChI=1S/C20H17BrN2O6/c1-20(12-2-3-14-16(7-12)29-10-28-14)18(24)23(19(25)22-20)9-11-6-15-17(8-13(11)21)27-5-4-26-15/h2-3,6-8H,4-5,9-10H2,1H3,(H,22,25)/t20-/m1/s1. The van der Waals surface area contributed by atoms with Crippen LogP contribution in [0.3, 0.4) is 0 Å². The number of fused-ring (bicyclic) bond motifs is 2. The number of halogens is 1. The molecule has 0 aromatic heterocycles. The Hall–Kier alpha value is -2.94.